The van der Waals surface area contributed by atoms with Crippen LogP contribution in [0.2, 0.25) is 0 Å². The minimum Gasteiger partial charge on any atom is -0.326 e. The van der Waals surface area contributed by atoms with E-state index in [1.165, 1.54) is 17.4 Å². The maximum absolute atomic E-state index is 14.9. The first-order valence-electron chi connectivity index (χ1n) is 12.0. The van der Waals surface area contributed by atoms with Gasteiger partial charge in [0.2, 0.25) is 5.95 Å². The van der Waals surface area contributed by atoms with Crippen molar-refractivity contribution in [2.24, 2.45) is 0 Å². The van der Waals surface area contributed by atoms with E-state index < -0.39 is 11.6 Å². The van der Waals surface area contributed by atoms with Crippen molar-refractivity contribution in [3.8, 4) is 11.3 Å². The molecular formula is C25H31F2N7S. The number of hydrogen-bond donors (Lipinski definition) is 2. The molecule has 0 spiro atoms. The highest BCUT2D eigenvalue weighted by atomic mass is 32.1. The summed E-state index contributed by atoms with van der Waals surface area (Å²) in [6.07, 6.45) is 3.21. The molecule has 10 heteroatoms. The van der Waals surface area contributed by atoms with Crippen LogP contribution in [0.5, 0.6) is 0 Å². The normalized spacial score (nSPS) is 14.3. The van der Waals surface area contributed by atoms with Gasteiger partial charge in [-0.3, -0.25) is 0 Å². The van der Waals surface area contributed by atoms with Gasteiger partial charge in [-0.15, -0.1) is 11.3 Å². The Bertz CT molecular complexity index is 1310. The second kappa shape index (κ2) is 10.7. The Morgan fingerprint density at radius 2 is 1.83 bits per heavy atom. The van der Waals surface area contributed by atoms with Crippen LogP contribution in [0, 0.1) is 18.6 Å². The SMILES string of the molecule is CC.Cc1nc2c(F)cc(-c3nc(Nc4nc(C5CCNCC5)cs4)ncc3F)cc2n1C(C)C. The molecule has 5 rings (SSSR count). The van der Waals surface area contributed by atoms with E-state index in [4.69, 9.17) is 0 Å². The summed E-state index contributed by atoms with van der Waals surface area (Å²) in [5, 5.41) is 9.13. The molecule has 1 aliphatic rings. The van der Waals surface area contributed by atoms with Gasteiger partial charge in [-0.05, 0) is 58.8 Å². The molecule has 2 N–H and O–H groups in total. The second-order valence-corrected chi connectivity index (χ2v) is 9.42. The minimum absolute atomic E-state index is 0.0255. The van der Waals surface area contributed by atoms with Crippen LogP contribution in [0.1, 0.15) is 64.0 Å². The molecule has 186 valence electrons. The second-order valence-electron chi connectivity index (χ2n) is 8.57. The Morgan fingerprint density at radius 1 is 1.09 bits per heavy atom. The van der Waals surface area contributed by atoms with Crippen molar-refractivity contribution in [3.63, 3.8) is 0 Å². The molecule has 0 saturated carbocycles. The Hall–Kier alpha value is -2.98. The number of benzene rings is 1. The number of nitrogens with one attached hydrogen (secondary N) is 2. The van der Waals surface area contributed by atoms with Gasteiger partial charge < -0.3 is 15.2 Å². The number of hydrogen-bond acceptors (Lipinski definition) is 7. The fraction of sp³-hybridized carbons (Fsp3) is 0.440. The molecule has 1 saturated heterocycles. The van der Waals surface area contributed by atoms with Gasteiger partial charge >= 0.3 is 0 Å². The summed E-state index contributed by atoms with van der Waals surface area (Å²) in [4.78, 5) is 17.4. The zero-order chi connectivity index (χ0) is 25.1. The van der Waals surface area contributed by atoms with Crippen LogP contribution >= 0.6 is 11.3 Å². The topological polar surface area (TPSA) is 80.6 Å². The zero-order valence-corrected chi connectivity index (χ0v) is 21.5. The molecule has 1 fully saturated rings. The van der Waals surface area contributed by atoms with Crippen LogP contribution in [0.3, 0.4) is 0 Å². The molecule has 4 aromatic rings. The highest BCUT2D eigenvalue weighted by Gasteiger charge is 2.20. The lowest BCUT2D eigenvalue weighted by atomic mass is 9.96. The third-order valence-corrected chi connectivity index (χ3v) is 6.73. The highest BCUT2D eigenvalue weighted by molar-refractivity contribution is 7.13. The third-order valence-electron chi connectivity index (χ3n) is 5.96. The molecule has 7 nitrogen and oxygen atoms in total. The van der Waals surface area contributed by atoms with E-state index in [1.807, 2.05) is 44.6 Å². The molecule has 0 aliphatic carbocycles. The summed E-state index contributed by atoms with van der Waals surface area (Å²) in [6, 6.07) is 3.08. The Morgan fingerprint density at radius 3 is 2.54 bits per heavy atom. The smallest absolute Gasteiger partial charge is 0.229 e. The molecule has 0 radical (unpaired) electrons. The number of thiazole rings is 1. The summed E-state index contributed by atoms with van der Waals surface area (Å²) in [6.45, 7) is 11.8. The summed E-state index contributed by atoms with van der Waals surface area (Å²) >= 11 is 1.47. The van der Waals surface area contributed by atoms with Crippen molar-refractivity contribution in [1.29, 1.82) is 0 Å². The number of piperidine rings is 1. The molecular weight excluding hydrogens is 468 g/mol. The van der Waals surface area contributed by atoms with Crippen molar-refractivity contribution in [2.45, 2.75) is 59.4 Å². The van der Waals surface area contributed by atoms with Crippen molar-refractivity contribution >= 4 is 33.5 Å². The van der Waals surface area contributed by atoms with E-state index in [9.17, 15) is 8.78 Å². The summed E-state index contributed by atoms with van der Waals surface area (Å²) in [7, 11) is 0. The highest BCUT2D eigenvalue weighted by Crippen LogP contribution is 2.32. The molecule has 1 aromatic carbocycles. The molecule has 35 heavy (non-hydrogen) atoms. The lowest BCUT2D eigenvalue weighted by Crippen LogP contribution is -2.26. The Kier molecular flexibility index (Phi) is 7.71. The van der Waals surface area contributed by atoms with Crippen LogP contribution in [0.25, 0.3) is 22.3 Å². The van der Waals surface area contributed by atoms with E-state index >= 15 is 0 Å². The number of anilines is 2. The Balaban J connectivity index is 0.00000141. The quantitative estimate of drug-likeness (QED) is 0.333. The number of nitrogens with zero attached hydrogens (tertiary/aromatic N) is 5. The number of imidazole rings is 1. The van der Waals surface area contributed by atoms with Crippen molar-refractivity contribution in [1.82, 2.24) is 29.8 Å². The predicted octanol–water partition coefficient (Wildman–Crippen LogP) is 6.35. The number of aryl methyl sites for hydroxylation is 1. The molecule has 0 unspecified atom stereocenters. The summed E-state index contributed by atoms with van der Waals surface area (Å²) in [5.74, 6) is 0.221. The van der Waals surface area contributed by atoms with E-state index in [-0.39, 0.29) is 23.2 Å². The minimum atomic E-state index is -0.624. The van der Waals surface area contributed by atoms with Gasteiger partial charge in [-0.2, -0.15) is 0 Å². The Labute approximate surface area is 208 Å². The van der Waals surface area contributed by atoms with Crippen LogP contribution < -0.4 is 10.6 Å². The van der Waals surface area contributed by atoms with Gasteiger partial charge in [0.1, 0.15) is 17.0 Å². The predicted molar refractivity (Wildman–Crippen MR) is 137 cm³/mol. The van der Waals surface area contributed by atoms with Gasteiger partial charge in [0, 0.05) is 22.9 Å². The first-order chi connectivity index (χ1) is 16.9. The lowest BCUT2D eigenvalue weighted by molar-refractivity contribution is 0.455. The lowest BCUT2D eigenvalue weighted by Gasteiger charge is -2.20. The number of rotatable bonds is 5. The average Bonchev–Trinajstić information content (AvgIpc) is 3.46. The summed E-state index contributed by atoms with van der Waals surface area (Å²) in [5.41, 5.74) is 2.29. The molecule has 0 amide bonds. The number of halogens is 2. The van der Waals surface area contributed by atoms with E-state index in [2.05, 4.69) is 30.6 Å². The maximum Gasteiger partial charge on any atom is 0.229 e. The number of fused-ring (bicyclic) bond motifs is 1. The average molecular weight is 500 g/mol. The van der Waals surface area contributed by atoms with E-state index in [0.717, 1.165) is 37.8 Å². The standard InChI is InChI=1S/C23H25F2N7S.C2H6/c1-12(2)32-13(3)28-21-16(24)8-15(9-19(21)32)20-17(25)10-27-22(30-20)31-23-29-18(11-33-23)14-4-6-26-7-5-14;1-2/h8-12,14,26H,4-7H2,1-3H3,(H,27,29,30,31);1-2H3. The van der Waals surface area contributed by atoms with Gasteiger partial charge in [0.25, 0.3) is 0 Å². The number of aromatic nitrogens is 5. The molecule has 4 heterocycles. The fourth-order valence-corrected chi connectivity index (χ4v) is 5.22. The van der Waals surface area contributed by atoms with E-state index in [0.29, 0.717) is 28.0 Å². The first kappa shape index (κ1) is 25.1. The van der Waals surface area contributed by atoms with Crippen molar-refractivity contribution in [2.75, 3.05) is 18.4 Å². The first-order valence-corrected chi connectivity index (χ1v) is 12.9. The summed E-state index contributed by atoms with van der Waals surface area (Å²) < 4.78 is 31.5. The molecule has 0 bridgehead atoms. The van der Waals surface area contributed by atoms with Crippen LogP contribution in [0.4, 0.5) is 19.9 Å². The van der Waals surface area contributed by atoms with Gasteiger partial charge in [0.15, 0.2) is 16.8 Å². The van der Waals surface area contributed by atoms with E-state index in [1.54, 1.807) is 6.07 Å². The molecule has 3 aromatic heterocycles. The van der Waals surface area contributed by atoms with Crippen molar-refractivity contribution < 1.29 is 8.78 Å². The van der Waals surface area contributed by atoms with Crippen LogP contribution in [0.15, 0.2) is 23.7 Å². The third kappa shape index (κ3) is 5.18. The van der Waals surface area contributed by atoms with Crippen LogP contribution in [-0.4, -0.2) is 37.6 Å². The van der Waals surface area contributed by atoms with Crippen LogP contribution in [-0.2, 0) is 0 Å². The van der Waals surface area contributed by atoms with Crippen molar-refractivity contribution in [3.05, 3.63) is 46.9 Å². The van der Waals surface area contributed by atoms with Gasteiger partial charge in [-0.1, -0.05) is 13.8 Å². The van der Waals surface area contributed by atoms with Gasteiger partial charge in [0.05, 0.1) is 17.4 Å². The fourth-order valence-electron chi connectivity index (χ4n) is 4.43. The monoisotopic (exact) mass is 499 g/mol. The maximum atomic E-state index is 14.9. The molecule has 0 atom stereocenters. The molecule has 1 aliphatic heterocycles. The zero-order valence-electron chi connectivity index (χ0n) is 20.7. The van der Waals surface area contributed by atoms with Gasteiger partial charge in [-0.25, -0.2) is 28.7 Å². The largest absolute Gasteiger partial charge is 0.326 e.